The van der Waals surface area contributed by atoms with Gasteiger partial charge in [-0.25, -0.2) is 9.18 Å². The van der Waals surface area contributed by atoms with Gasteiger partial charge in [0, 0.05) is 45.1 Å². The zero-order valence-corrected chi connectivity index (χ0v) is 12.8. The summed E-state index contributed by atoms with van der Waals surface area (Å²) in [6.45, 7) is 2.86. The summed E-state index contributed by atoms with van der Waals surface area (Å²) in [5.41, 5.74) is 1.56. The minimum atomic E-state index is -0.220. The quantitative estimate of drug-likeness (QED) is 0.945. The Morgan fingerprint density at radius 1 is 1.13 bits per heavy atom. The fraction of sp³-hybridized carbons (Fsp3) is 0.294. The van der Waals surface area contributed by atoms with Crippen LogP contribution < -0.4 is 10.2 Å². The molecule has 2 amide bonds. The molecular formula is C17H19FN4O. The smallest absolute Gasteiger partial charge is 0.317 e. The normalized spacial score (nSPS) is 14.7. The molecular weight excluding hydrogens is 295 g/mol. The molecule has 1 aromatic heterocycles. The first-order chi connectivity index (χ1) is 11.2. The van der Waals surface area contributed by atoms with E-state index in [-0.39, 0.29) is 11.8 Å². The fourth-order valence-electron chi connectivity index (χ4n) is 2.65. The molecule has 0 aliphatic carbocycles. The van der Waals surface area contributed by atoms with E-state index in [0.29, 0.717) is 38.4 Å². The van der Waals surface area contributed by atoms with E-state index in [2.05, 4.69) is 10.3 Å². The zero-order valence-electron chi connectivity index (χ0n) is 12.8. The van der Waals surface area contributed by atoms with E-state index in [1.807, 2.05) is 23.1 Å². The van der Waals surface area contributed by atoms with Crippen LogP contribution in [0.2, 0.25) is 0 Å². The van der Waals surface area contributed by atoms with Gasteiger partial charge in [0.2, 0.25) is 0 Å². The molecule has 0 bridgehead atoms. The SMILES string of the molecule is O=C(NCc1cccnc1)N1CCN(c2ccccc2F)CC1. The molecule has 2 heterocycles. The Labute approximate surface area is 134 Å². The number of pyridine rings is 1. The minimum absolute atomic E-state index is 0.0953. The second-order valence-corrected chi connectivity index (χ2v) is 5.45. The molecule has 0 spiro atoms. The summed E-state index contributed by atoms with van der Waals surface area (Å²) >= 11 is 0. The predicted octanol–water partition coefficient (Wildman–Crippen LogP) is 2.25. The Balaban J connectivity index is 1.50. The van der Waals surface area contributed by atoms with Gasteiger partial charge in [0.25, 0.3) is 0 Å². The second kappa shape index (κ2) is 7.09. The van der Waals surface area contributed by atoms with Crippen LogP contribution in [0.1, 0.15) is 5.56 Å². The van der Waals surface area contributed by atoms with Gasteiger partial charge < -0.3 is 15.1 Å². The number of aromatic nitrogens is 1. The molecule has 1 aliphatic heterocycles. The second-order valence-electron chi connectivity index (χ2n) is 5.45. The van der Waals surface area contributed by atoms with Crippen molar-refractivity contribution in [1.29, 1.82) is 0 Å². The average molecular weight is 314 g/mol. The summed E-state index contributed by atoms with van der Waals surface area (Å²) in [7, 11) is 0. The van der Waals surface area contributed by atoms with Crippen molar-refractivity contribution >= 4 is 11.7 Å². The zero-order chi connectivity index (χ0) is 16.1. The van der Waals surface area contributed by atoms with Crippen molar-refractivity contribution in [2.24, 2.45) is 0 Å². The lowest BCUT2D eigenvalue weighted by Gasteiger charge is -2.36. The van der Waals surface area contributed by atoms with Crippen molar-refractivity contribution in [2.75, 3.05) is 31.1 Å². The number of piperazine rings is 1. The van der Waals surface area contributed by atoms with Gasteiger partial charge in [-0.2, -0.15) is 0 Å². The van der Waals surface area contributed by atoms with Gasteiger partial charge in [-0.1, -0.05) is 18.2 Å². The topological polar surface area (TPSA) is 48.5 Å². The highest BCUT2D eigenvalue weighted by Gasteiger charge is 2.22. The molecule has 0 radical (unpaired) electrons. The Morgan fingerprint density at radius 3 is 2.61 bits per heavy atom. The maximum atomic E-state index is 13.8. The molecule has 1 saturated heterocycles. The van der Waals surface area contributed by atoms with Gasteiger partial charge in [-0.3, -0.25) is 4.98 Å². The molecule has 23 heavy (non-hydrogen) atoms. The van der Waals surface area contributed by atoms with Gasteiger partial charge in [0.1, 0.15) is 5.82 Å². The van der Waals surface area contributed by atoms with E-state index in [1.165, 1.54) is 6.07 Å². The number of carbonyl (C=O) groups excluding carboxylic acids is 1. The number of nitrogens with one attached hydrogen (secondary N) is 1. The molecule has 1 aliphatic rings. The Morgan fingerprint density at radius 2 is 1.91 bits per heavy atom. The molecule has 5 nitrogen and oxygen atoms in total. The first kappa shape index (κ1) is 15.3. The van der Waals surface area contributed by atoms with Crippen molar-refractivity contribution in [1.82, 2.24) is 15.2 Å². The van der Waals surface area contributed by atoms with E-state index in [1.54, 1.807) is 29.4 Å². The molecule has 1 fully saturated rings. The number of benzene rings is 1. The number of carbonyl (C=O) groups is 1. The van der Waals surface area contributed by atoms with Crippen molar-refractivity contribution < 1.29 is 9.18 Å². The van der Waals surface area contributed by atoms with Crippen molar-refractivity contribution in [3.8, 4) is 0 Å². The summed E-state index contributed by atoms with van der Waals surface area (Å²) in [4.78, 5) is 19.9. The number of anilines is 1. The first-order valence-corrected chi connectivity index (χ1v) is 7.65. The van der Waals surface area contributed by atoms with E-state index < -0.39 is 0 Å². The Hall–Kier alpha value is -2.63. The standard InChI is InChI=1S/C17H19FN4O/c18-15-5-1-2-6-16(15)21-8-10-22(11-9-21)17(23)20-13-14-4-3-7-19-12-14/h1-7,12H,8-11,13H2,(H,20,23). The molecule has 0 atom stereocenters. The van der Waals surface area contributed by atoms with Crippen LogP contribution in [0.5, 0.6) is 0 Å². The molecule has 120 valence electrons. The molecule has 2 aromatic rings. The van der Waals surface area contributed by atoms with Crippen LogP contribution in [0.25, 0.3) is 0 Å². The summed E-state index contributed by atoms with van der Waals surface area (Å²) in [6, 6.07) is 10.4. The third-order valence-electron chi connectivity index (χ3n) is 3.93. The number of para-hydroxylation sites is 1. The van der Waals surface area contributed by atoms with Gasteiger partial charge in [0.05, 0.1) is 5.69 Å². The molecule has 6 heteroatoms. The molecule has 0 saturated carbocycles. The lowest BCUT2D eigenvalue weighted by Crippen LogP contribution is -2.51. The van der Waals surface area contributed by atoms with Crippen LogP contribution in [-0.2, 0) is 6.54 Å². The van der Waals surface area contributed by atoms with Crippen molar-refractivity contribution in [3.05, 3.63) is 60.2 Å². The summed E-state index contributed by atoms with van der Waals surface area (Å²) < 4.78 is 13.8. The van der Waals surface area contributed by atoms with Gasteiger partial charge in [0.15, 0.2) is 0 Å². The number of halogens is 1. The minimum Gasteiger partial charge on any atom is -0.366 e. The number of amides is 2. The van der Waals surface area contributed by atoms with Crippen LogP contribution >= 0.6 is 0 Å². The van der Waals surface area contributed by atoms with Gasteiger partial charge in [-0.15, -0.1) is 0 Å². The predicted molar refractivity (Wildman–Crippen MR) is 86.7 cm³/mol. The van der Waals surface area contributed by atoms with Crippen molar-refractivity contribution in [3.63, 3.8) is 0 Å². The first-order valence-electron chi connectivity index (χ1n) is 7.65. The Bertz CT molecular complexity index is 657. The monoisotopic (exact) mass is 314 g/mol. The number of hydrogen-bond acceptors (Lipinski definition) is 3. The van der Waals surface area contributed by atoms with Gasteiger partial charge in [-0.05, 0) is 23.8 Å². The molecule has 3 rings (SSSR count). The Kier molecular flexibility index (Phi) is 4.71. The van der Waals surface area contributed by atoms with Crippen LogP contribution in [-0.4, -0.2) is 42.1 Å². The summed E-state index contributed by atoms with van der Waals surface area (Å²) in [5, 5.41) is 2.89. The molecule has 1 aromatic carbocycles. The highest BCUT2D eigenvalue weighted by atomic mass is 19.1. The van der Waals surface area contributed by atoms with Crippen LogP contribution in [0.4, 0.5) is 14.9 Å². The van der Waals surface area contributed by atoms with Crippen LogP contribution in [0, 0.1) is 5.82 Å². The lowest BCUT2D eigenvalue weighted by molar-refractivity contribution is 0.194. The lowest BCUT2D eigenvalue weighted by atomic mass is 10.2. The summed E-state index contributed by atoms with van der Waals surface area (Å²) in [5.74, 6) is -0.220. The molecule has 1 N–H and O–H groups in total. The third-order valence-corrected chi connectivity index (χ3v) is 3.93. The maximum Gasteiger partial charge on any atom is 0.317 e. The largest absolute Gasteiger partial charge is 0.366 e. The van der Waals surface area contributed by atoms with E-state index >= 15 is 0 Å². The van der Waals surface area contributed by atoms with Gasteiger partial charge >= 0.3 is 6.03 Å². The number of hydrogen-bond donors (Lipinski definition) is 1. The fourth-order valence-corrected chi connectivity index (χ4v) is 2.65. The highest BCUT2D eigenvalue weighted by Crippen LogP contribution is 2.20. The molecule has 0 unspecified atom stereocenters. The maximum absolute atomic E-state index is 13.8. The van der Waals surface area contributed by atoms with Crippen molar-refractivity contribution in [2.45, 2.75) is 6.54 Å². The van der Waals surface area contributed by atoms with E-state index in [4.69, 9.17) is 0 Å². The van der Waals surface area contributed by atoms with Crippen LogP contribution in [0.15, 0.2) is 48.8 Å². The number of rotatable bonds is 3. The highest BCUT2D eigenvalue weighted by molar-refractivity contribution is 5.74. The third kappa shape index (κ3) is 3.77. The average Bonchev–Trinajstić information content (AvgIpc) is 2.61. The number of urea groups is 1. The van der Waals surface area contributed by atoms with E-state index in [9.17, 15) is 9.18 Å². The van der Waals surface area contributed by atoms with Crippen LogP contribution in [0.3, 0.4) is 0 Å². The number of nitrogens with zero attached hydrogens (tertiary/aromatic N) is 3. The van der Waals surface area contributed by atoms with E-state index in [0.717, 1.165) is 5.56 Å². The summed E-state index contributed by atoms with van der Waals surface area (Å²) in [6.07, 6.45) is 3.43.